The molecule has 0 saturated heterocycles. The van der Waals surface area contributed by atoms with Gasteiger partial charge in [0.15, 0.2) is 0 Å². The SMILES string of the molecule is CC[C@H](C)NC(=O)[C@@H](C)N(Cc1ccc(Br)cc1)C(=O)CN(c1cccc(C)c1C)S(=O)(=O)c1ccc(C)cc1. The fraction of sp³-hybridized carbons (Fsp3) is 0.355. The van der Waals surface area contributed by atoms with E-state index in [1.807, 2.05) is 65.0 Å². The zero-order valence-corrected chi connectivity index (χ0v) is 26.3. The Labute approximate surface area is 246 Å². The number of benzene rings is 3. The third-order valence-electron chi connectivity index (χ3n) is 7.17. The number of carbonyl (C=O) groups is 2. The Morgan fingerprint density at radius 2 is 1.55 bits per heavy atom. The van der Waals surface area contributed by atoms with Crippen LogP contribution in [0.15, 0.2) is 76.1 Å². The molecule has 0 saturated carbocycles. The van der Waals surface area contributed by atoms with Gasteiger partial charge in [0, 0.05) is 17.1 Å². The molecule has 3 aromatic carbocycles. The normalized spacial score (nSPS) is 12.9. The van der Waals surface area contributed by atoms with E-state index in [-0.39, 0.29) is 23.4 Å². The molecule has 0 radical (unpaired) electrons. The molecule has 7 nitrogen and oxygen atoms in total. The van der Waals surface area contributed by atoms with Crippen molar-refractivity contribution in [3.05, 3.63) is 93.5 Å². The Morgan fingerprint density at radius 1 is 0.925 bits per heavy atom. The predicted molar refractivity (Wildman–Crippen MR) is 164 cm³/mol. The Morgan fingerprint density at radius 3 is 2.15 bits per heavy atom. The van der Waals surface area contributed by atoms with Gasteiger partial charge in [0.25, 0.3) is 10.0 Å². The van der Waals surface area contributed by atoms with Gasteiger partial charge >= 0.3 is 0 Å². The van der Waals surface area contributed by atoms with E-state index >= 15 is 0 Å². The maximum absolute atomic E-state index is 14.1. The molecular formula is C31H38BrN3O4S. The summed E-state index contributed by atoms with van der Waals surface area (Å²) in [5.74, 6) is -0.772. The first kappa shape index (κ1) is 31.4. The lowest BCUT2D eigenvalue weighted by atomic mass is 10.1. The minimum atomic E-state index is -4.11. The molecular weight excluding hydrogens is 590 g/mol. The molecule has 3 aromatic rings. The van der Waals surface area contributed by atoms with Crippen LogP contribution in [0.3, 0.4) is 0 Å². The largest absolute Gasteiger partial charge is 0.352 e. The van der Waals surface area contributed by atoms with Crippen LogP contribution < -0.4 is 9.62 Å². The van der Waals surface area contributed by atoms with Crippen LogP contribution in [0, 0.1) is 20.8 Å². The molecule has 40 heavy (non-hydrogen) atoms. The number of halogens is 1. The van der Waals surface area contributed by atoms with Crippen molar-refractivity contribution in [2.24, 2.45) is 0 Å². The maximum atomic E-state index is 14.1. The summed E-state index contributed by atoms with van der Waals surface area (Å²) in [5, 5.41) is 2.95. The smallest absolute Gasteiger partial charge is 0.264 e. The zero-order valence-electron chi connectivity index (χ0n) is 23.9. The Hall–Kier alpha value is -3.17. The number of hydrogen-bond acceptors (Lipinski definition) is 4. The molecule has 0 aromatic heterocycles. The molecule has 9 heteroatoms. The van der Waals surface area contributed by atoms with Gasteiger partial charge in [0.2, 0.25) is 11.8 Å². The van der Waals surface area contributed by atoms with Gasteiger partial charge in [-0.3, -0.25) is 13.9 Å². The van der Waals surface area contributed by atoms with Crippen molar-refractivity contribution in [3.8, 4) is 0 Å². The van der Waals surface area contributed by atoms with Crippen LogP contribution in [-0.4, -0.2) is 43.8 Å². The van der Waals surface area contributed by atoms with Crippen molar-refractivity contribution in [3.63, 3.8) is 0 Å². The Balaban J connectivity index is 2.06. The van der Waals surface area contributed by atoms with Crippen molar-refractivity contribution in [1.29, 1.82) is 0 Å². The third-order valence-corrected chi connectivity index (χ3v) is 9.47. The van der Waals surface area contributed by atoms with Crippen LogP contribution in [-0.2, 0) is 26.2 Å². The molecule has 214 valence electrons. The number of nitrogens with one attached hydrogen (secondary N) is 1. The highest BCUT2D eigenvalue weighted by molar-refractivity contribution is 9.10. The molecule has 3 rings (SSSR count). The fourth-order valence-electron chi connectivity index (χ4n) is 4.19. The first-order chi connectivity index (χ1) is 18.8. The van der Waals surface area contributed by atoms with Crippen molar-refractivity contribution < 1.29 is 18.0 Å². The summed E-state index contributed by atoms with van der Waals surface area (Å²) < 4.78 is 30.1. The van der Waals surface area contributed by atoms with Gasteiger partial charge in [-0.25, -0.2) is 8.42 Å². The second-order valence-electron chi connectivity index (χ2n) is 10.2. The van der Waals surface area contributed by atoms with Crippen molar-refractivity contribution >= 4 is 43.5 Å². The van der Waals surface area contributed by atoms with E-state index in [0.29, 0.717) is 5.69 Å². The van der Waals surface area contributed by atoms with Crippen LogP contribution in [0.25, 0.3) is 0 Å². The van der Waals surface area contributed by atoms with Crippen molar-refractivity contribution in [2.75, 3.05) is 10.8 Å². The summed E-state index contributed by atoms with van der Waals surface area (Å²) in [6.45, 7) is 10.9. The van der Waals surface area contributed by atoms with Crippen molar-refractivity contribution in [1.82, 2.24) is 10.2 Å². The number of sulfonamides is 1. The molecule has 1 N–H and O–H groups in total. The van der Waals surface area contributed by atoms with Gasteiger partial charge in [-0.15, -0.1) is 0 Å². The van der Waals surface area contributed by atoms with Gasteiger partial charge in [0.05, 0.1) is 10.6 Å². The monoisotopic (exact) mass is 627 g/mol. The van der Waals surface area contributed by atoms with E-state index in [2.05, 4.69) is 21.2 Å². The predicted octanol–water partition coefficient (Wildman–Crippen LogP) is 5.90. The lowest BCUT2D eigenvalue weighted by Gasteiger charge is -2.33. The molecule has 2 atom stereocenters. The number of carbonyl (C=O) groups excluding carboxylic acids is 2. The number of anilines is 1. The van der Waals surface area contributed by atoms with Gasteiger partial charge in [-0.1, -0.05) is 64.8 Å². The molecule has 0 aliphatic heterocycles. The number of amides is 2. The molecule has 0 fully saturated rings. The van der Waals surface area contributed by atoms with Crippen LogP contribution in [0.5, 0.6) is 0 Å². The molecule has 0 aliphatic rings. The van der Waals surface area contributed by atoms with Gasteiger partial charge in [0.1, 0.15) is 12.6 Å². The minimum absolute atomic E-state index is 0.0621. The fourth-order valence-corrected chi connectivity index (χ4v) is 5.93. The maximum Gasteiger partial charge on any atom is 0.264 e. The highest BCUT2D eigenvalue weighted by atomic mass is 79.9. The first-order valence-electron chi connectivity index (χ1n) is 13.3. The molecule has 2 amide bonds. The zero-order chi connectivity index (χ0) is 29.6. The van der Waals surface area contributed by atoms with Gasteiger partial charge < -0.3 is 10.2 Å². The first-order valence-corrected chi connectivity index (χ1v) is 15.6. The summed E-state index contributed by atoms with van der Waals surface area (Å²) in [4.78, 5) is 28.8. The summed E-state index contributed by atoms with van der Waals surface area (Å²) in [6.07, 6.45) is 0.744. The summed E-state index contributed by atoms with van der Waals surface area (Å²) in [7, 11) is -4.11. The molecule has 0 spiro atoms. The van der Waals surface area contributed by atoms with Crippen LogP contribution in [0.2, 0.25) is 0 Å². The van der Waals surface area contributed by atoms with E-state index < -0.39 is 28.5 Å². The summed E-state index contributed by atoms with van der Waals surface area (Å²) in [6, 6.07) is 18.5. The third kappa shape index (κ3) is 7.52. The molecule has 0 aliphatic carbocycles. The lowest BCUT2D eigenvalue weighted by Crippen LogP contribution is -2.52. The van der Waals surface area contributed by atoms with E-state index in [1.54, 1.807) is 43.3 Å². The average molecular weight is 629 g/mol. The number of hydrogen-bond donors (Lipinski definition) is 1. The molecule has 0 bridgehead atoms. The molecule has 0 heterocycles. The second kappa shape index (κ2) is 13.5. The number of rotatable bonds is 11. The highest BCUT2D eigenvalue weighted by Gasteiger charge is 2.33. The van der Waals surface area contributed by atoms with Gasteiger partial charge in [-0.05, 0) is 88.1 Å². The summed E-state index contributed by atoms with van der Waals surface area (Å²) in [5.41, 5.74) is 3.83. The van der Waals surface area contributed by atoms with E-state index in [1.165, 1.54) is 4.90 Å². The van der Waals surface area contributed by atoms with Crippen molar-refractivity contribution in [2.45, 2.75) is 71.5 Å². The molecule has 0 unspecified atom stereocenters. The number of aryl methyl sites for hydroxylation is 2. The van der Waals surface area contributed by atoms with E-state index in [0.717, 1.165) is 37.5 Å². The highest BCUT2D eigenvalue weighted by Crippen LogP contribution is 2.29. The Bertz CT molecular complexity index is 1440. The van der Waals surface area contributed by atoms with E-state index in [4.69, 9.17) is 0 Å². The van der Waals surface area contributed by atoms with Gasteiger partial charge in [-0.2, -0.15) is 0 Å². The minimum Gasteiger partial charge on any atom is -0.352 e. The standard InChI is InChI=1S/C31H38BrN3O4S/c1-7-23(4)33-31(37)25(6)34(19-26-13-15-27(32)16-14-26)30(36)20-35(29-10-8-9-22(3)24(29)5)40(38,39)28-17-11-21(2)12-18-28/h8-18,23,25H,7,19-20H2,1-6H3,(H,33,37)/t23-,25+/m0/s1. The lowest BCUT2D eigenvalue weighted by molar-refractivity contribution is -0.139. The summed E-state index contributed by atoms with van der Waals surface area (Å²) >= 11 is 3.43. The Kier molecular flexibility index (Phi) is 10.6. The quantitative estimate of drug-likeness (QED) is 0.287. The van der Waals surface area contributed by atoms with Crippen LogP contribution >= 0.6 is 15.9 Å². The average Bonchev–Trinajstić information content (AvgIpc) is 2.92. The number of nitrogens with zero attached hydrogens (tertiary/aromatic N) is 2. The van der Waals surface area contributed by atoms with Crippen LogP contribution in [0.1, 0.15) is 49.4 Å². The van der Waals surface area contributed by atoms with E-state index in [9.17, 15) is 18.0 Å². The van der Waals surface area contributed by atoms with Crippen LogP contribution in [0.4, 0.5) is 5.69 Å². The second-order valence-corrected chi connectivity index (χ2v) is 13.0. The topological polar surface area (TPSA) is 86.8 Å².